The quantitative estimate of drug-likeness (QED) is 0.354. The van der Waals surface area contributed by atoms with Gasteiger partial charge in [0.1, 0.15) is 0 Å². The van der Waals surface area contributed by atoms with Gasteiger partial charge in [-0.2, -0.15) is 0 Å². The zero-order chi connectivity index (χ0) is 25.6. The van der Waals surface area contributed by atoms with E-state index in [0.29, 0.717) is 5.92 Å². The van der Waals surface area contributed by atoms with Crippen molar-refractivity contribution in [3.63, 3.8) is 0 Å². The molecule has 1 nitrogen and oxygen atoms in total. The zero-order valence-corrected chi connectivity index (χ0v) is 21.9. The van der Waals surface area contributed by atoms with E-state index < -0.39 is 0 Å². The van der Waals surface area contributed by atoms with Crippen LogP contribution in [-0.4, -0.2) is 6.21 Å². The molecule has 182 valence electrons. The second kappa shape index (κ2) is 11.2. The summed E-state index contributed by atoms with van der Waals surface area (Å²) in [7, 11) is 0. The molecule has 2 aliphatic rings. The van der Waals surface area contributed by atoms with Crippen LogP contribution in [0.25, 0.3) is 40.0 Å². The molecule has 3 aromatic rings. The number of allylic oxidation sites excluding steroid dienone is 5. The molecule has 0 aromatic heterocycles. The highest BCUT2D eigenvalue weighted by Gasteiger charge is 2.16. The Hall–Kier alpha value is -4.23. The molecule has 0 radical (unpaired) electrons. The first-order valence-electron chi connectivity index (χ1n) is 13.0. The number of rotatable bonds is 3. The topological polar surface area (TPSA) is 12.4 Å². The van der Waals surface area contributed by atoms with E-state index in [1.165, 1.54) is 50.1 Å². The van der Waals surface area contributed by atoms with E-state index in [4.69, 9.17) is 0 Å². The Labute approximate surface area is 221 Å². The Morgan fingerprint density at radius 2 is 1.22 bits per heavy atom. The van der Waals surface area contributed by atoms with Gasteiger partial charge in [0.25, 0.3) is 0 Å². The molecule has 1 aliphatic carbocycles. The number of fused-ring (bicyclic) bond motifs is 1. The maximum Gasteiger partial charge on any atom is 0.0343 e. The van der Waals surface area contributed by atoms with Crippen molar-refractivity contribution < 1.29 is 0 Å². The van der Waals surface area contributed by atoms with Gasteiger partial charge in [0.2, 0.25) is 0 Å². The van der Waals surface area contributed by atoms with Gasteiger partial charge in [-0.1, -0.05) is 122 Å². The fraction of sp³-hybridized carbons (Fsp3) is 0.139. The lowest BCUT2D eigenvalue weighted by Gasteiger charge is -2.16. The predicted molar refractivity (Wildman–Crippen MR) is 162 cm³/mol. The minimum atomic E-state index is 0.353. The van der Waals surface area contributed by atoms with Crippen LogP contribution in [0.3, 0.4) is 0 Å². The molecule has 0 saturated carbocycles. The normalized spacial score (nSPS) is 15.9. The van der Waals surface area contributed by atoms with E-state index in [9.17, 15) is 0 Å². The molecular formula is C36H33N. The highest BCUT2D eigenvalue weighted by molar-refractivity contribution is 6.12. The number of hydrogen-bond donors (Lipinski definition) is 0. The van der Waals surface area contributed by atoms with Gasteiger partial charge in [-0.25, -0.2) is 0 Å². The maximum absolute atomic E-state index is 4.54. The minimum absolute atomic E-state index is 0.353. The fourth-order valence-corrected chi connectivity index (χ4v) is 5.05. The van der Waals surface area contributed by atoms with Crippen LogP contribution in [0.15, 0.2) is 114 Å². The van der Waals surface area contributed by atoms with Gasteiger partial charge in [-0.15, -0.1) is 0 Å². The third-order valence-corrected chi connectivity index (χ3v) is 7.00. The zero-order valence-electron chi connectivity index (χ0n) is 21.9. The molecule has 0 bridgehead atoms. The summed E-state index contributed by atoms with van der Waals surface area (Å²) in [6, 6.07) is 28.3. The summed E-state index contributed by atoms with van der Waals surface area (Å²) in [5.74, 6) is 0.353. The number of aryl methyl sites for hydroxylation is 2. The summed E-state index contributed by atoms with van der Waals surface area (Å²) in [5, 5.41) is 0. The number of hydrogen-bond acceptors (Lipinski definition) is 1. The SMILES string of the molecule is Cc1ccccc(C)c(-c2ccc(-c3ccccc3)cc2)c2c(c1C1=CCC=CN=C1)C=CC(C)C=C2. The van der Waals surface area contributed by atoms with Crippen molar-refractivity contribution in [1.29, 1.82) is 0 Å². The van der Waals surface area contributed by atoms with Gasteiger partial charge in [-0.05, 0) is 81.8 Å². The minimum Gasteiger partial charge on any atom is -0.264 e. The van der Waals surface area contributed by atoms with Crippen LogP contribution in [-0.2, 0) is 0 Å². The predicted octanol–water partition coefficient (Wildman–Crippen LogP) is 9.81. The third-order valence-electron chi connectivity index (χ3n) is 7.00. The van der Waals surface area contributed by atoms with Crippen molar-refractivity contribution in [2.24, 2.45) is 10.9 Å². The second-order valence-electron chi connectivity index (χ2n) is 9.74. The van der Waals surface area contributed by atoms with Crippen LogP contribution in [0.5, 0.6) is 0 Å². The average molecular weight is 480 g/mol. The standard InChI is InChI=1S/C36H33N/c1-26-16-22-33-34(23-17-26)36(32-15-9-10-24-37-25-32)28(3)12-8-7-11-27(2)35(33)31-20-18-30(19-21-31)29-13-5-4-6-14-29/h4-8,10-26H,9H2,1-3H3. The first-order chi connectivity index (χ1) is 18.1. The Bertz CT molecular complexity index is 1490. The summed E-state index contributed by atoms with van der Waals surface area (Å²) in [6.07, 6.45) is 18.4. The van der Waals surface area contributed by atoms with Crippen molar-refractivity contribution >= 4 is 23.9 Å². The monoisotopic (exact) mass is 479 g/mol. The average Bonchev–Trinajstić information content (AvgIpc) is 3.30. The molecule has 1 atom stereocenters. The lowest BCUT2D eigenvalue weighted by molar-refractivity contribution is 0.954. The summed E-state index contributed by atoms with van der Waals surface area (Å²) in [4.78, 5) is 4.54. The molecule has 1 aliphatic heterocycles. The molecular weight excluding hydrogens is 446 g/mol. The molecule has 0 amide bonds. The molecule has 5 rings (SSSR count). The van der Waals surface area contributed by atoms with Crippen molar-refractivity contribution in [3.8, 4) is 22.3 Å². The second-order valence-corrected chi connectivity index (χ2v) is 9.74. The lowest BCUT2D eigenvalue weighted by Crippen LogP contribution is -1.97. The Morgan fingerprint density at radius 1 is 0.649 bits per heavy atom. The van der Waals surface area contributed by atoms with Crippen LogP contribution in [0.1, 0.15) is 41.2 Å². The maximum atomic E-state index is 4.54. The molecule has 1 heteroatoms. The Morgan fingerprint density at radius 3 is 1.92 bits per heavy atom. The van der Waals surface area contributed by atoms with Gasteiger partial charge in [0, 0.05) is 12.4 Å². The number of aliphatic imine (C=N–C) groups is 1. The van der Waals surface area contributed by atoms with Crippen LogP contribution >= 0.6 is 0 Å². The molecule has 0 saturated heterocycles. The number of nitrogens with zero attached hydrogens (tertiary/aromatic N) is 1. The highest BCUT2D eigenvalue weighted by Crippen LogP contribution is 2.36. The van der Waals surface area contributed by atoms with Crippen LogP contribution in [0, 0.1) is 19.8 Å². The largest absolute Gasteiger partial charge is 0.264 e. The van der Waals surface area contributed by atoms with Crippen molar-refractivity contribution in [1.82, 2.24) is 0 Å². The van der Waals surface area contributed by atoms with E-state index in [2.05, 4.69) is 141 Å². The first-order valence-corrected chi connectivity index (χ1v) is 13.0. The Kier molecular flexibility index (Phi) is 7.42. The lowest BCUT2D eigenvalue weighted by atomic mass is 9.88. The van der Waals surface area contributed by atoms with Crippen LogP contribution in [0.2, 0.25) is 0 Å². The van der Waals surface area contributed by atoms with Crippen LogP contribution < -0.4 is 0 Å². The van der Waals surface area contributed by atoms with Gasteiger partial charge >= 0.3 is 0 Å². The molecule has 0 N–H and O–H groups in total. The van der Waals surface area contributed by atoms with Gasteiger partial charge in [0.15, 0.2) is 0 Å². The fourth-order valence-electron chi connectivity index (χ4n) is 5.05. The number of benzene rings is 2. The molecule has 1 heterocycles. The van der Waals surface area contributed by atoms with E-state index >= 15 is 0 Å². The van der Waals surface area contributed by atoms with Gasteiger partial charge in [0.05, 0.1) is 0 Å². The summed E-state index contributed by atoms with van der Waals surface area (Å²) in [6.45, 7) is 6.66. The highest BCUT2D eigenvalue weighted by atomic mass is 14.7. The van der Waals surface area contributed by atoms with Gasteiger partial charge in [-0.3, -0.25) is 4.99 Å². The molecule has 37 heavy (non-hydrogen) atoms. The molecule has 1 unspecified atom stereocenters. The van der Waals surface area contributed by atoms with Gasteiger partial charge < -0.3 is 0 Å². The summed E-state index contributed by atoms with van der Waals surface area (Å²) >= 11 is 0. The van der Waals surface area contributed by atoms with E-state index in [-0.39, 0.29) is 0 Å². The van der Waals surface area contributed by atoms with Crippen LogP contribution in [0.4, 0.5) is 0 Å². The van der Waals surface area contributed by atoms with Crippen molar-refractivity contribution in [2.45, 2.75) is 27.2 Å². The Balaban J connectivity index is 1.83. The van der Waals surface area contributed by atoms with E-state index in [1.807, 2.05) is 12.4 Å². The molecule has 0 fully saturated rings. The molecule has 3 aromatic carbocycles. The van der Waals surface area contributed by atoms with E-state index in [1.54, 1.807) is 0 Å². The molecule has 0 spiro atoms. The van der Waals surface area contributed by atoms with E-state index in [0.717, 1.165) is 12.0 Å². The first kappa shape index (κ1) is 24.5. The summed E-state index contributed by atoms with van der Waals surface area (Å²) < 4.78 is 0. The smallest absolute Gasteiger partial charge is 0.0343 e. The third kappa shape index (κ3) is 5.47. The van der Waals surface area contributed by atoms with Crippen molar-refractivity contribution in [3.05, 3.63) is 137 Å². The van der Waals surface area contributed by atoms with Crippen molar-refractivity contribution in [2.75, 3.05) is 0 Å². The summed E-state index contributed by atoms with van der Waals surface area (Å²) in [5.41, 5.74) is 12.3.